The molecule has 1 aliphatic rings. The van der Waals surface area contributed by atoms with E-state index in [0.717, 1.165) is 11.1 Å². The first-order chi connectivity index (χ1) is 19.9. The average molecular weight is 585 g/mol. The number of carbonyl (C=O) groups excluding carboxylic acids is 2. The molecular weight excluding hydrogens is 538 g/mol. The van der Waals surface area contributed by atoms with Crippen molar-refractivity contribution in [1.82, 2.24) is 15.5 Å². The van der Waals surface area contributed by atoms with Gasteiger partial charge in [0.05, 0.1) is 24.3 Å². The van der Waals surface area contributed by atoms with Crippen molar-refractivity contribution in [1.29, 1.82) is 0 Å². The Labute approximate surface area is 249 Å². The number of nitrogens with zero attached hydrogens (tertiary/aromatic N) is 1. The van der Waals surface area contributed by atoms with Gasteiger partial charge < -0.3 is 45.1 Å². The van der Waals surface area contributed by atoms with Gasteiger partial charge in [-0.15, -0.1) is 0 Å². The molecule has 1 saturated heterocycles. The second-order valence-corrected chi connectivity index (χ2v) is 12.2. The Morgan fingerprint density at radius 1 is 0.952 bits per heavy atom. The summed E-state index contributed by atoms with van der Waals surface area (Å²) in [5.41, 5.74) is 0.353. The Morgan fingerprint density at radius 3 is 2.00 bits per heavy atom. The van der Waals surface area contributed by atoms with Gasteiger partial charge in [0.1, 0.15) is 11.7 Å². The van der Waals surface area contributed by atoms with Crippen molar-refractivity contribution < 1.29 is 34.4 Å². The van der Waals surface area contributed by atoms with Gasteiger partial charge in [0.25, 0.3) is 0 Å². The topological polar surface area (TPSA) is 143 Å². The van der Waals surface area contributed by atoms with Crippen molar-refractivity contribution in [3.8, 4) is 0 Å². The van der Waals surface area contributed by atoms with Crippen LogP contribution in [-0.2, 0) is 22.3 Å². The number of hydrogen-bond acceptors (Lipinski definition) is 8. The van der Waals surface area contributed by atoms with Gasteiger partial charge in [-0.1, -0.05) is 60.7 Å². The number of aliphatic hydroxyl groups excluding tert-OH is 2. The number of alkyl carbamates (subject to hydrolysis) is 1. The van der Waals surface area contributed by atoms with Crippen molar-refractivity contribution >= 4 is 12.2 Å². The number of carboxylic acid groups (broad SMARTS) is 1. The molecular formula is C32H46N3O7-. The van der Waals surface area contributed by atoms with Gasteiger partial charge in [-0.25, -0.2) is 4.79 Å². The Balaban J connectivity index is 1.72. The monoisotopic (exact) mass is 584 g/mol. The maximum absolute atomic E-state index is 12.5. The zero-order valence-electron chi connectivity index (χ0n) is 25.1. The van der Waals surface area contributed by atoms with Crippen LogP contribution in [0.5, 0.6) is 0 Å². The highest BCUT2D eigenvalue weighted by molar-refractivity contribution is 5.68. The number of amides is 2. The molecule has 0 radical (unpaired) electrons. The lowest BCUT2D eigenvalue weighted by molar-refractivity contribution is -0.278. The normalized spacial score (nSPS) is 17.9. The SMILES string of the molecule is CC(C)(C)OC(=O)N[C@@H](Cc1ccccc1)[C@H](O)CNC[C@@H](O)[C@H](Cc1ccccc1)N(C(=O)[O-])C1(C)CCOCC1. The predicted molar refractivity (Wildman–Crippen MR) is 158 cm³/mol. The number of ether oxygens (including phenoxy) is 2. The molecule has 10 heteroatoms. The van der Waals surface area contributed by atoms with Crippen LogP contribution in [0.3, 0.4) is 0 Å². The van der Waals surface area contributed by atoms with Crippen LogP contribution in [0.15, 0.2) is 60.7 Å². The summed E-state index contributed by atoms with van der Waals surface area (Å²) in [7, 11) is 0. The van der Waals surface area contributed by atoms with Crippen LogP contribution in [-0.4, -0.2) is 89.0 Å². The third-order valence-electron chi connectivity index (χ3n) is 7.58. The zero-order valence-corrected chi connectivity index (χ0v) is 25.1. The molecule has 0 spiro atoms. The molecule has 4 atom stereocenters. The van der Waals surface area contributed by atoms with Crippen molar-refractivity contribution in [3.63, 3.8) is 0 Å². The first-order valence-electron chi connectivity index (χ1n) is 14.6. The fourth-order valence-electron chi connectivity index (χ4n) is 5.33. The van der Waals surface area contributed by atoms with E-state index in [1.807, 2.05) is 67.6 Å². The summed E-state index contributed by atoms with van der Waals surface area (Å²) in [6, 6.07) is 17.4. The van der Waals surface area contributed by atoms with Crippen molar-refractivity contribution in [2.24, 2.45) is 0 Å². The fraction of sp³-hybridized carbons (Fsp3) is 0.562. The number of nitrogens with one attached hydrogen (secondary N) is 2. The van der Waals surface area contributed by atoms with Crippen molar-refractivity contribution in [2.45, 2.75) is 88.8 Å². The van der Waals surface area contributed by atoms with E-state index in [1.54, 1.807) is 20.8 Å². The first-order valence-corrected chi connectivity index (χ1v) is 14.6. The molecule has 0 unspecified atom stereocenters. The minimum Gasteiger partial charge on any atom is -0.530 e. The second kappa shape index (κ2) is 15.3. The summed E-state index contributed by atoms with van der Waals surface area (Å²) in [4.78, 5) is 26.4. The van der Waals surface area contributed by atoms with Crippen molar-refractivity contribution in [3.05, 3.63) is 71.8 Å². The molecule has 1 fully saturated rings. The number of aliphatic hydroxyl groups is 2. The van der Waals surface area contributed by atoms with E-state index < -0.39 is 47.6 Å². The van der Waals surface area contributed by atoms with Gasteiger partial charge in [0, 0.05) is 31.8 Å². The molecule has 0 bridgehead atoms. The molecule has 10 nitrogen and oxygen atoms in total. The van der Waals surface area contributed by atoms with Crippen LogP contribution in [0, 0.1) is 0 Å². The number of hydrogen-bond donors (Lipinski definition) is 4. The third-order valence-corrected chi connectivity index (χ3v) is 7.58. The quantitative estimate of drug-likeness (QED) is 0.281. The Morgan fingerprint density at radius 2 is 1.48 bits per heavy atom. The molecule has 0 saturated carbocycles. The molecule has 232 valence electrons. The lowest BCUT2D eigenvalue weighted by Gasteiger charge is -2.50. The Hall–Kier alpha value is -3.18. The van der Waals surface area contributed by atoms with E-state index in [1.165, 1.54) is 4.90 Å². The summed E-state index contributed by atoms with van der Waals surface area (Å²) in [5, 5.41) is 40.9. The van der Waals surface area contributed by atoms with Crippen LogP contribution >= 0.6 is 0 Å². The largest absolute Gasteiger partial charge is 0.530 e. The lowest BCUT2D eigenvalue weighted by atomic mass is 9.86. The second-order valence-electron chi connectivity index (χ2n) is 12.2. The van der Waals surface area contributed by atoms with E-state index in [2.05, 4.69) is 10.6 Å². The molecule has 1 heterocycles. The molecule has 2 amide bonds. The molecule has 1 aliphatic heterocycles. The first kappa shape index (κ1) is 33.3. The summed E-state index contributed by atoms with van der Waals surface area (Å²) >= 11 is 0. The van der Waals surface area contributed by atoms with Gasteiger partial charge in [0.15, 0.2) is 0 Å². The van der Waals surface area contributed by atoms with E-state index in [9.17, 15) is 24.9 Å². The van der Waals surface area contributed by atoms with Crippen LogP contribution in [0.25, 0.3) is 0 Å². The standard InChI is InChI=1S/C32H47N3O7/c1-31(2,3)42-29(38)34-25(19-23-11-7-5-8-12-23)27(36)21-33-22-28(37)26(20-24-13-9-6-10-14-24)35(30(39)40)32(4)15-17-41-18-16-32/h5-14,25-28,33,36-37H,15-22H2,1-4H3,(H,34,38)(H,39,40)/p-1/t25-,26-,27+,28+/m0/s1. The molecule has 0 aliphatic carbocycles. The zero-order chi connectivity index (χ0) is 30.8. The maximum Gasteiger partial charge on any atom is 0.407 e. The highest BCUT2D eigenvalue weighted by Crippen LogP contribution is 2.31. The molecule has 2 aromatic rings. The summed E-state index contributed by atoms with van der Waals surface area (Å²) in [6.45, 7) is 8.05. The van der Waals surface area contributed by atoms with E-state index in [-0.39, 0.29) is 19.5 Å². The summed E-state index contributed by atoms with van der Waals surface area (Å²) in [6.07, 6.45) is -2.49. The van der Waals surface area contributed by atoms with Crippen LogP contribution in [0.2, 0.25) is 0 Å². The van der Waals surface area contributed by atoms with Gasteiger partial charge in [-0.3, -0.25) is 0 Å². The summed E-state index contributed by atoms with van der Waals surface area (Å²) in [5.74, 6) is 0. The molecule has 3 rings (SSSR count). The predicted octanol–water partition coefficient (Wildman–Crippen LogP) is 2.26. The van der Waals surface area contributed by atoms with Gasteiger partial charge >= 0.3 is 6.09 Å². The third kappa shape index (κ3) is 10.3. The molecule has 0 aromatic heterocycles. The van der Waals surface area contributed by atoms with Crippen LogP contribution < -0.4 is 15.7 Å². The average Bonchev–Trinajstić information content (AvgIpc) is 2.92. The van der Waals surface area contributed by atoms with Crippen molar-refractivity contribution in [2.75, 3.05) is 26.3 Å². The Kier molecular flexibility index (Phi) is 12.2. The maximum atomic E-state index is 12.5. The number of carbonyl (C=O) groups is 2. The summed E-state index contributed by atoms with van der Waals surface area (Å²) < 4.78 is 10.9. The highest BCUT2D eigenvalue weighted by atomic mass is 16.6. The fourth-order valence-corrected chi connectivity index (χ4v) is 5.33. The molecule has 4 N–H and O–H groups in total. The number of rotatable bonds is 13. The number of benzene rings is 2. The van der Waals surface area contributed by atoms with E-state index in [0.29, 0.717) is 32.5 Å². The lowest BCUT2D eigenvalue weighted by Crippen LogP contribution is -2.65. The smallest absolute Gasteiger partial charge is 0.407 e. The van der Waals surface area contributed by atoms with Crippen LogP contribution in [0.4, 0.5) is 9.59 Å². The van der Waals surface area contributed by atoms with E-state index in [4.69, 9.17) is 9.47 Å². The minimum atomic E-state index is -1.34. The van der Waals surface area contributed by atoms with Gasteiger partial charge in [-0.05, 0) is 64.5 Å². The minimum absolute atomic E-state index is 0.00934. The van der Waals surface area contributed by atoms with E-state index >= 15 is 0 Å². The Bertz CT molecular complexity index is 1100. The molecule has 42 heavy (non-hydrogen) atoms. The van der Waals surface area contributed by atoms with Crippen LogP contribution in [0.1, 0.15) is 51.7 Å². The van der Waals surface area contributed by atoms with Gasteiger partial charge in [-0.2, -0.15) is 0 Å². The highest BCUT2D eigenvalue weighted by Gasteiger charge is 2.40. The van der Waals surface area contributed by atoms with Gasteiger partial charge in [0.2, 0.25) is 0 Å². The molecule has 2 aromatic carbocycles.